The number of benzene rings is 8. The standard InChI is InChI=1S/C56H32N4O8/c61-49-31-17-7-8-18-32(31)50(62)48-42(58-38-24-10-20-34-44(38)52(64)36-22-12-26-40(46(36)54(34)66)60-56(68)30-15-5-2-6-16-30)28-27-41(47(48)49)57-37-23-9-19-33-43(37)51(63)35-21-11-25-39(45(35)53(33)65)59-55(67)29-13-3-1-4-14-29/h1-28,57-58H,(H,59,67)(H,60,68). The molecule has 8 aromatic carbocycles. The van der Waals surface area contributed by atoms with Crippen LogP contribution in [0, 0.1) is 0 Å². The number of anilines is 4. The molecule has 0 radical (unpaired) electrons. The van der Waals surface area contributed by atoms with Gasteiger partial charge in [-0.3, -0.25) is 28.8 Å². The molecule has 0 aliphatic heterocycles. The van der Waals surface area contributed by atoms with Crippen molar-refractivity contribution in [3.8, 4) is 0 Å². The van der Waals surface area contributed by atoms with Crippen LogP contribution in [-0.2, 0) is 0 Å². The number of hydrogen-bond donors (Lipinski definition) is 4. The van der Waals surface area contributed by atoms with E-state index in [-0.39, 0.29) is 113 Å². The van der Waals surface area contributed by atoms with E-state index in [2.05, 4.69) is 20.6 Å². The summed E-state index contributed by atoms with van der Waals surface area (Å²) in [7, 11) is 0. The van der Waals surface area contributed by atoms with Crippen molar-refractivity contribution in [3.05, 3.63) is 248 Å². The van der Waals surface area contributed by atoms with Gasteiger partial charge in [0.25, 0.3) is 0 Å². The smallest absolute Gasteiger partial charge is 0.218 e. The Morgan fingerprint density at radius 3 is 0.985 bits per heavy atom. The number of fused-ring (bicyclic) bond motifs is 6. The maximum atomic E-state index is 14.6. The second-order valence-corrected chi connectivity index (χ2v) is 16.1. The zero-order valence-electron chi connectivity index (χ0n) is 35.4. The third-order valence-electron chi connectivity index (χ3n) is 12.2. The minimum atomic E-state index is -0.504. The predicted molar refractivity (Wildman–Crippen MR) is 256 cm³/mol. The molecule has 12 heteroatoms. The van der Waals surface area contributed by atoms with Gasteiger partial charge in [0.2, 0.25) is 11.8 Å². The van der Waals surface area contributed by atoms with Gasteiger partial charge in [0.05, 0.1) is 67.5 Å². The predicted octanol–water partition coefficient (Wildman–Crippen LogP) is 10.8. The van der Waals surface area contributed by atoms with Crippen molar-refractivity contribution in [2.24, 2.45) is 9.98 Å². The van der Waals surface area contributed by atoms with Crippen LogP contribution in [0.25, 0.3) is 0 Å². The van der Waals surface area contributed by atoms with Gasteiger partial charge in [-0.05, 0) is 60.7 Å². The Morgan fingerprint density at radius 2 is 0.588 bits per heavy atom. The van der Waals surface area contributed by atoms with Crippen molar-refractivity contribution in [1.29, 1.82) is 0 Å². The van der Waals surface area contributed by atoms with Crippen LogP contribution >= 0.6 is 0 Å². The van der Waals surface area contributed by atoms with Crippen LogP contribution in [0.3, 0.4) is 0 Å². The summed E-state index contributed by atoms with van der Waals surface area (Å²) in [6, 6.07) is 45.3. The number of carbonyl (C=O) groups is 6. The topological polar surface area (TPSA) is 192 Å². The number of ketones is 6. The second-order valence-electron chi connectivity index (χ2n) is 16.1. The highest BCUT2D eigenvalue weighted by atomic mass is 16.3. The van der Waals surface area contributed by atoms with Crippen LogP contribution in [0.1, 0.15) is 107 Å². The van der Waals surface area contributed by atoms with Crippen molar-refractivity contribution < 1.29 is 39.0 Å². The third kappa shape index (κ3) is 6.54. The minimum absolute atomic E-state index is 0.0258. The van der Waals surface area contributed by atoms with Crippen LogP contribution in [0.5, 0.6) is 0 Å². The van der Waals surface area contributed by atoms with Gasteiger partial charge in [-0.15, -0.1) is 0 Å². The molecule has 4 N–H and O–H groups in total. The zero-order valence-corrected chi connectivity index (χ0v) is 35.4. The molecule has 8 aromatic rings. The molecule has 324 valence electrons. The molecule has 11 rings (SSSR count). The molecule has 12 nitrogen and oxygen atoms in total. The van der Waals surface area contributed by atoms with Crippen LogP contribution in [-0.4, -0.2) is 56.7 Å². The van der Waals surface area contributed by atoms with Crippen LogP contribution in [0.4, 0.5) is 34.1 Å². The van der Waals surface area contributed by atoms with E-state index in [1.54, 1.807) is 146 Å². The van der Waals surface area contributed by atoms with E-state index in [4.69, 9.17) is 0 Å². The van der Waals surface area contributed by atoms with E-state index < -0.39 is 34.7 Å². The summed E-state index contributed by atoms with van der Waals surface area (Å²) in [5, 5.41) is 28.1. The van der Waals surface area contributed by atoms with Gasteiger partial charge in [0, 0.05) is 44.5 Å². The molecule has 0 saturated heterocycles. The molecule has 0 heterocycles. The maximum Gasteiger partial charge on any atom is 0.218 e. The highest BCUT2D eigenvalue weighted by molar-refractivity contribution is 6.35. The van der Waals surface area contributed by atoms with Crippen LogP contribution in [0.15, 0.2) is 180 Å². The van der Waals surface area contributed by atoms with Crippen LogP contribution < -0.4 is 10.6 Å². The summed E-state index contributed by atoms with van der Waals surface area (Å²) in [6.45, 7) is 0. The number of rotatable bonds is 8. The monoisotopic (exact) mass is 888 g/mol. The molecule has 0 aromatic heterocycles. The Balaban J connectivity index is 0.984. The summed E-state index contributed by atoms with van der Waals surface area (Å²) in [6.07, 6.45) is 0. The molecule has 0 fully saturated rings. The lowest BCUT2D eigenvalue weighted by Gasteiger charge is -2.26. The normalized spacial score (nSPS) is 13.8. The molecule has 0 bridgehead atoms. The van der Waals surface area contributed by atoms with Gasteiger partial charge in [0.1, 0.15) is 0 Å². The Kier molecular flexibility index (Phi) is 9.71. The Bertz CT molecular complexity index is 3410. The summed E-state index contributed by atoms with van der Waals surface area (Å²) in [4.78, 5) is 95.5. The van der Waals surface area contributed by atoms with Crippen LogP contribution in [0.2, 0.25) is 0 Å². The highest BCUT2D eigenvalue weighted by Gasteiger charge is 2.38. The zero-order chi connectivity index (χ0) is 46.8. The van der Waals surface area contributed by atoms with E-state index in [0.717, 1.165) is 0 Å². The van der Waals surface area contributed by atoms with Gasteiger partial charge in [-0.25, -0.2) is 9.98 Å². The Labute approximate surface area is 386 Å². The van der Waals surface area contributed by atoms with E-state index in [1.165, 1.54) is 24.3 Å². The van der Waals surface area contributed by atoms with E-state index in [9.17, 15) is 39.0 Å². The van der Waals surface area contributed by atoms with Gasteiger partial charge in [0.15, 0.2) is 34.7 Å². The van der Waals surface area contributed by atoms with Crippen molar-refractivity contribution in [1.82, 2.24) is 0 Å². The average Bonchev–Trinajstić information content (AvgIpc) is 3.37. The lowest BCUT2D eigenvalue weighted by Crippen LogP contribution is -2.25. The molecular formula is C56H32N4O8. The van der Waals surface area contributed by atoms with Gasteiger partial charge >= 0.3 is 0 Å². The van der Waals surface area contributed by atoms with Crippen molar-refractivity contribution in [2.75, 3.05) is 10.6 Å². The Hall–Kier alpha value is -9.68. The largest absolute Gasteiger partial charge is 0.493 e. The van der Waals surface area contributed by atoms with Gasteiger partial charge < -0.3 is 20.8 Å². The molecule has 0 amide bonds. The lowest BCUT2D eigenvalue weighted by molar-refractivity contribution is 0.0979. The number of nitrogens with one attached hydrogen (secondary N) is 2. The summed E-state index contributed by atoms with van der Waals surface area (Å²) < 4.78 is 0. The first-order chi connectivity index (χ1) is 33.1. The highest BCUT2D eigenvalue weighted by Crippen LogP contribution is 2.43. The lowest BCUT2D eigenvalue weighted by atomic mass is 9.81. The van der Waals surface area contributed by atoms with Gasteiger partial charge in [-0.2, -0.15) is 0 Å². The summed E-state index contributed by atoms with van der Waals surface area (Å²) in [5.74, 6) is -3.67. The maximum absolute atomic E-state index is 14.6. The Morgan fingerprint density at radius 1 is 0.294 bits per heavy atom. The summed E-state index contributed by atoms with van der Waals surface area (Å²) in [5.41, 5.74) is 2.39. The first-order valence-electron chi connectivity index (χ1n) is 21.4. The summed E-state index contributed by atoms with van der Waals surface area (Å²) >= 11 is 0. The first-order valence-corrected chi connectivity index (χ1v) is 21.4. The van der Waals surface area contributed by atoms with Crippen molar-refractivity contribution in [2.45, 2.75) is 0 Å². The molecule has 3 aliphatic rings. The fraction of sp³-hybridized carbons (Fsp3) is 0. The molecule has 0 atom stereocenters. The van der Waals surface area contributed by atoms with E-state index in [1.807, 2.05) is 0 Å². The molecule has 0 saturated carbocycles. The van der Waals surface area contributed by atoms with E-state index in [0.29, 0.717) is 11.1 Å². The number of hydrogen-bond acceptors (Lipinski definition) is 10. The average molecular weight is 889 g/mol. The van der Waals surface area contributed by atoms with Crippen molar-refractivity contribution >= 4 is 80.6 Å². The molecule has 3 aliphatic carbocycles. The van der Waals surface area contributed by atoms with Crippen molar-refractivity contribution in [3.63, 3.8) is 0 Å². The number of carbonyl (C=O) groups excluding carboxylic acids is 6. The number of nitrogens with zero attached hydrogens (tertiary/aromatic N) is 2. The molecule has 0 unspecified atom stereocenters. The molecule has 68 heavy (non-hydrogen) atoms. The number of aliphatic hydroxyl groups excluding tert-OH is 2. The molecule has 0 spiro atoms. The third-order valence-corrected chi connectivity index (χ3v) is 12.2. The van der Waals surface area contributed by atoms with E-state index >= 15 is 0 Å². The number of aliphatic hydroxyl groups is 2. The SMILES string of the molecule is O=C1c2cccc(Nc3ccc(Nc4cccc5c4C(=O)c4cccc(N=C(O)c6ccccc6)c4C5=O)c4c3C(=O)c3ccccc3C4=O)c2C(=O)c2cccc(N=C(O)c3ccccc3)c21. The first kappa shape index (κ1) is 41.1. The molecular weight excluding hydrogens is 857 g/mol. The second kappa shape index (κ2) is 16.1. The van der Waals surface area contributed by atoms with Gasteiger partial charge in [-0.1, -0.05) is 109 Å². The quantitative estimate of drug-likeness (QED) is 0.0843. The fourth-order valence-corrected chi connectivity index (χ4v) is 9.09. The minimum Gasteiger partial charge on any atom is -0.493 e. The number of aliphatic imine (C=N–C) groups is 2. The fourth-order valence-electron chi connectivity index (χ4n) is 9.09.